The second kappa shape index (κ2) is 5.13. The Morgan fingerprint density at radius 1 is 1.65 bits per heavy atom. The number of aliphatic hydroxyl groups excluding tert-OH is 1. The van der Waals surface area contributed by atoms with Crippen LogP contribution < -0.4 is 4.72 Å². The van der Waals surface area contributed by atoms with E-state index in [1.807, 2.05) is 0 Å². The van der Waals surface area contributed by atoms with Crippen LogP contribution in [0.15, 0.2) is 17.3 Å². The fourth-order valence-electron chi connectivity index (χ4n) is 1.62. The third-order valence-corrected chi connectivity index (χ3v) is 3.98. The highest BCUT2D eigenvalue weighted by molar-refractivity contribution is 7.89. The van der Waals surface area contributed by atoms with Crippen LogP contribution >= 0.6 is 0 Å². The molecule has 0 aliphatic carbocycles. The summed E-state index contributed by atoms with van der Waals surface area (Å²) in [5.74, 6) is 0. The minimum atomic E-state index is -3.54. The summed E-state index contributed by atoms with van der Waals surface area (Å²) in [5, 5.41) is 12.6. The molecule has 1 atom stereocenters. The zero-order chi connectivity index (χ0) is 12.3. The smallest absolute Gasteiger partial charge is 0.244 e. The zero-order valence-corrected chi connectivity index (χ0v) is 10.1. The van der Waals surface area contributed by atoms with Crippen molar-refractivity contribution in [2.45, 2.75) is 23.9 Å². The van der Waals surface area contributed by atoms with Gasteiger partial charge in [0, 0.05) is 18.8 Å². The lowest BCUT2D eigenvalue weighted by atomic mass is 10.3. The molecule has 2 heterocycles. The van der Waals surface area contributed by atoms with Crippen molar-refractivity contribution in [3.8, 4) is 0 Å². The number of aromatic nitrogens is 2. The van der Waals surface area contributed by atoms with Crippen LogP contribution in [-0.4, -0.2) is 49.2 Å². The maximum atomic E-state index is 11.9. The Morgan fingerprint density at radius 3 is 3.12 bits per heavy atom. The lowest BCUT2D eigenvalue weighted by Crippen LogP contribution is -2.34. The van der Waals surface area contributed by atoms with Crippen LogP contribution in [0.25, 0.3) is 0 Å². The second-order valence-corrected chi connectivity index (χ2v) is 5.56. The van der Waals surface area contributed by atoms with E-state index >= 15 is 0 Å². The molecule has 0 bridgehead atoms. The first-order valence-corrected chi connectivity index (χ1v) is 6.83. The van der Waals surface area contributed by atoms with E-state index in [0.717, 1.165) is 0 Å². The van der Waals surface area contributed by atoms with E-state index in [0.29, 0.717) is 19.6 Å². The lowest BCUT2D eigenvalue weighted by Gasteiger charge is -2.09. The SMILES string of the molecule is O=S(=O)(NC1CCOC1)c1cnn(CCO)c1. The van der Waals surface area contributed by atoms with Crippen LogP contribution in [-0.2, 0) is 21.3 Å². The molecule has 0 amide bonds. The number of rotatable bonds is 5. The van der Waals surface area contributed by atoms with Gasteiger partial charge in [-0.25, -0.2) is 13.1 Å². The molecule has 7 nitrogen and oxygen atoms in total. The summed E-state index contributed by atoms with van der Waals surface area (Å²) in [6.45, 7) is 1.19. The molecule has 0 aromatic carbocycles. The van der Waals surface area contributed by atoms with Crippen LogP contribution in [0.4, 0.5) is 0 Å². The van der Waals surface area contributed by atoms with Crippen molar-refractivity contribution in [2.75, 3.05) is 19.8 Å². The molecule has 2 N–H and O–H groups in total. The van der Waals surface area contributed by atoms with Gasteiger partial charge in [-0.3, -0.25) is 4.68 Å². The molecule has 1 aromatic rings. The third-order valence-electron chi connectivity index (χ3n) is 2.50. The van der Waals surface area contributed by atoms with E-state index in [1.165, 1.54) is 17.1 Å². The Bertz CT molecular complexity index is 464. The minimum absolute atomic E-state index is 0.0783. The first kappa shape index (κ1) is 12.5. The van der Waals surface area contributed by atoms with Crippen molar-refractivity contribution in [1.29, 1.82) is 0 Å². The van der Waals surface area contributed by atoms with Gasteiger partial charge in [-0.15, -0.1) is 0 Å². The van der Waals surface area contributed by atoms with E-state index in [9.17, 15) is 8.42 Å². The molecule has 17 heavy (non-hydrogen) atoms. The largest absolute Gasteiger partial charge is 0.394 e. The standard InChI is InChI=1S/C9H15N3O4S/c13-3-2-12-6-9(5-10-12)17(14,15)11-8-1-4-16-7-8/h5-6,8,11,13H,1-4,7H2. The molecule has 2 rings (SSSR count). The first-order chi connectivity index (χ1) is 8.12. The van der Waals surface area contributed by atoms with E-state index in [4.69, 9.17) is 9.84 Å². The molecule has 1 aromatic heterocycles. The summed E-state index contributed by atoms with van der Waals surface area (Å²) in [6, 6.07) is -0.166. The quantitative estimate of drug-likeness (QED) is 0.705. The average Bonchev–Trinajstić information content (AvgIpc) is 2.88. The normalized spacial score (nSPS) is 20.9. The first-order valence-electron chi connectivity index (χ1n) is 5.35. The fourth-order valence-corrected chi connectivity index (χ4v) is 2.83. The topological polar surface area (TPSA) is 93.5 Å². The van der Waals surface area contributed by atoms with Gasteiger partial charge in [0.2, 0.25) is 10.0 Å². The highest BCUT2D eigenvalue weighted by atomic mass is 32.2. The number of nitrogens with zero attached hydrogens (tertiary/aromatic N) is 2. The summed E-state index contributed by atoms with van der Waals surface area (Å²) in [5.41, 5.74) is 0. The Labute approximate surface area is 99.4 Å². The molecule has 1 aliphatic heterocycles. The molecular formula is C9H15N3O4S. The summed E-state index contributed by atoms with van der Waals surface area (Å²) >= 11 is 0. The van der Waals surface area contributed by atoms with Gasteiger partial charge in [0.05, 0.1) is 26.0 Å². The Morgan fingerprint density at radius 2 is 2.47 bits per heavy atom. The van der Waals surface area contributed by atoms with Gasteiger partial charge in [-0.1, -0.05) is 0 Å². The summed E-state index contributed by atoms with van der Waals surface area (Å²) in [4.78, 5) is 0.109. The molecular weight excluding hydrogens is 246 g/mol. The number of hydrogen-bond donors (Lipinski definition) is 2. The number of hydrogen-bond acceptors (Lipinski definition) is 5. The Hall–Kier alpha value is -0.960. The van der Waals surface area contributed by atoms with Gasteiger partial charge < -0.3 is 9.84 Å². The van der Waals surface area contributed by atoms with Crippen molar-refractivity contribution >= 4 is 10.0 Å². The Kier molecular flexibility index (Phi) is 3.77. The minimum Gasteiger partial charge on any atom is -0.394 e. The molecule has 0 spiro atoms. The molecule has 1 unspecified atom stereocenters. The van der Waals surface area contributed by atoms with Gasteiger partial charge in [-0.05, 0) is 6.42 Å². The number of aliphatic hydroxyl groups is 1. The van der Waals surface area contributed by atoms with Gasteiger partial charge >= 0.3 is 0 Å². The molecule has 8 heteroatoms. The zero-order valence-electron chi connectivity index (χ0n) is 9.24. The number of ether oxygens (including phenoxy) is 1. The van der Waals surface area contributed by atoms with E-state index in [2.05, 4.69) is 9.82 Å². The molecule has 1 aliphatic rings. The number of nitrogens with one attached hydrogen (secondary N) is 1. The molecule has 1 fully saturated rings. The highest BCUT2D eigenvalue weighted by Crippen LogP contribution is 2.11. The molecule has 1 saturated heterocycles. The summed E-state index contributed by atoms with van der Waals surface area (Å²) in [6.07, 6.45) is 3.35. The van der Waals surface area contributed by atoms with E-state index < -0.39 is 10.0 Å². The van der Waals surface area contributed by atoms with E-state index in [-0.39, 0.29) is 24.1 Å². The summed E-state index contributed by atoms with van der Waals surface area (Å²) < 4.78 is 32.9. The third kappa shape index (κ3) is 3.03. The maximum Gasteiger partial charge on any atom is 0.244 e. The predicted molar refractivity (Wildman–Crippen MR) is 58.9 cm³/mol. The van der Waals surface area contributed by atoms with Gasteiger partial charge in [-0.2, -0.15) is 5.10 Å². The second-order valence-electron chi connectivity index (χ2n) is 3.84. The van der Waals surface area contributed by atoms with Crippen LogP contribution in [0.2, 0.25) is 0 Å². The van der Waals surface area contributed by atoms with Crippen LogP contribution in [0.5, 0.6) is 0 Å². The maximum absolute atomic E-state index is 11.9. The molecule has 0 saturated carbocycles. The predicted octanol–water partition coefficient (Wildman–Crippen LogP) is -1.06. The van der Waals surface area contributed by atoms with Gasteiger partial charge in [0.1, 0.15) is 4.90 Å². The van der Waals surface area contributed by atoms with Crippen molar-refractivity contribution < 1.29 is 18.3 Å². The van der Waals surface area contributed by atoms with Crippen molar-refractivity contribution in [3.05, 3.63) is 12.4 Å². The van der Waals surface area contributed by atoms with Crippen LogP contribution in [0.1, 0.15) is 6.42 Å². The Balaban J connectivity index is 2.07. The molecule has 0 radical (unpaired) electrons. The lowest BCUT2D eigenvalue weighted by molar-refractivity contribution is 0.192. The van der Waals surface area contributed by atoms with Crippen LogP contribution in [0.3, 0.4) is 0 Å². The number of sulfonamides is 1. The van der Waals surface area contributed by atoms with Crippen LogP contribution in [0, 0.1) is 0 Å². The highest BCUT2D eigenvalue weighted by Gasteiger charge is 2.24. The van der Waals surface area contributed by atoms with Crippen molar-refractivity contribution in [1.82, 2.24) is 14.5 Å². The molecule has 96 valence electrons. The van der Waals surface area contributed by atoms with Crippen molar-refractivity contribution in [3.63, 3.8) is 0 Å². The fraction of sp³-hybridized carbons (Fsp3) is 0.667. The van der Waals surface area contributed by atoms with Crippen molar-refractivity contribution in [2.24, 2.45) is 0 Å². The summed E-state index contributed by atoms with van der Waals surface area (Å²) in [7, 11) is -3.54. The van der Waals surface area contributed by atoms with E-state index in [1.54, 1.807) is 0 Å². The average molecular weight is 261 g/mol. The van der Waals surface area contributed by atoms with Gasteiger partial charge in [0.25, 0.3) is 0 Å². The van der Waals surface area contributed by atoms with Gasteiger partial charge in [0.15, 0.2) is 0 Å². The monoisotopic (exact) mass is 261 g/mol.